The summed E-state index contributed by atoms with van der Waals surface area (Å²) < 4.78 is 46.2. The minimum absolute atomic E-state index is 0.0572. The van der Waals surface area contributed by atoms with Crippen molar-refractivity contribution in [3.63, 3.8) is 0 Å². The van der Waals surface area contributed by atoms with Crippen LogP contribution in [0.5, 0.6) is 0 Å². The second-order valence-corrected chi connectivity index (χ2v) is 7.36. The molecule has 0 saturated heterocycles. The number of hydrogen-bond donors (Lipinski definition) is 2. The van der Waals surface area contributed by atoms with Gasteiger partial charge in [0.2, 0.25) is 15.9 Å². The topological polar surface area (TPSA) is 101 Å². The standard InChI is InChI=1S/C16H17FN4O3S/c1-9-14(16-21-20-11(3)24-16)19-10(2)15(9)25(22,23)18-8-12-4-6-13(17)7-5-12/h4-7,18-19H,8H2,1-3H3. The highest BCUT2D eigenvalue weighted by Crippen LogP contribution is 2.29. The van der Waals surface area contributed by atoms with Crippen molar-refractivity contribution in [1.29, 1.82) is 0 Å². The Morgan fingerprint density at radius 3 is 2.44 bits per heavy atom. The van der Waals surface area contributed by atoms with Gasteiger partial charge in [-0.05, 0) is 37.1 Å². The van der Waals surface area contributed by atoms with E-state index >= 15 is 0 Å². The van der Waals surface area contributed by atoms with E-state index in [0.717, 1.165) is 0 Å². The van der Waals surface area contributed by atoms with Crippen molar-refractivity contribution < 1.29 is 17.2 Å². The van der Waals surface area contributed by atoms with Gasteiger partial charge in [0.1, 0.15) is 16.4 Å². The quantitative estimate of drug-likeness (QED) is 0.725. The maximum absolute atomic E-state index is 12.9. The third-order valence-corrected chi connectivity index (χ3v) is 5.43. The number of halogens is 1. The summed E-state index contributed by atoms with van der Waals surface area (Å²) in [5.41, 5.74) is 2.09. The fraction of sp³-hybridized carbons (Fsp3) is 0.250. The van der Waals surface area contributed by atoms with E-state index < -0.39 is 10.0 Å². The van der Waals surface area contributed by atoms with Crippen LogP contribution in [0.15, 0.2) is 33.6 Å². The SMILES string of the molecule is Cc1nnc(-c2[nH]c(C)c(S(=O)(=O)NCc3ccc(F)cc3)c2C)o1. The second kappa shape index (κ2) is 6.41. The molecule has 0 saturated carbocycles. The van der Waals surface area contributed by atoms with Gasteiger partial charge in [0, 0.05) is 19.2 Å². The minimum Gasteiger partial charge on any atom is -0.420 e. The second-order valence-electron chi connectivity index (χ2n) is 5.66. The van der Waals surface area contributed by atoms with Crippen LogP contribution in [0.4, 0.5) is 4.39 Å². The van der Waals surface area contributed by atoms with Crippen LogP contribution in [0.1, 0.15) is 22.7 Å². The summed E-state index contributed by atoms with van der Waals surface area (Å²) >= 11 is 0. The summed E-state index contributed by atoms with van der Waals surface area (Å²) in [7, 11) is -3.78. The third-order valence-electron chi connectivity index (χ3n) is 3.76. The zero-order valence-electron chi connectivity index (χ0n) is 13.9. The molecule has 0 aliphatic carbocycles. The number of nitrogens with zero attached hydrogens (tertiary/aromatic N) is 2. The Morgan fingerprint density at radius 1 is 1.16 bits per heavy atom. The van der Waals surface area contributed by atoms with E-state index in [1.165, 1.54) is 24.3 Å². The van der Waals surface area contributed by atoms with Crippen molar-refractivity contribution in [2.24, 2.45) is 0 Å². The number of aromatic amines is 1. The minimum atomic E-state index is -3.78. The predicted octanol–water partition coefficient (Wildman–Crippen LogP) is 2.61. The summed E-state index contributed by atoms with van der Waals surface area (Å²) in [6.45, 7) is 5.04. The number of aromatic nitrogens is 3. The average molecular weight is 364 g/mol. The Balaban J connectivity index is 1.89. The molecule has 2 heterocycles. The van der Waals surface area contributed by atoms with Gasteiger partial charge in [0.05, 0.1) is 0 Å². The van der Waals surface area contributed by atoms with E-state index in [4.69, 9.17) is 4.42 Å². The number of sulfonamides is 1. The molecule has 3 aromatic rings. The summed E-state index contributed by atoms with van der Waals surface area (Å²) in [4.78, 5) is 3.13. The van der Waals surface area contributed by atoms with Gasteiger partial charge in [-0.2, -0.15) is 0 Å². The first-order valence-electron chi connectivity index (χ1n) is 7.51. The van der Waals surface area contributed by atoms with Gasteiger partial charge in [-0.15, -0.1) is 10.2 Å². The molecule has 7 nitrogen and oxygen atoms in total. The van der Waals surface area contributed by atoms with Crippen molar-refractivity contribution >= 4 is 10.0 Å². The molecular weight excluding hydrogens is 347 g/mol. The van der Waals surface area contributed by atoms with Crippen LogP contribution in [-0.2, 0) is 16.6 Å². The molecule has 132 valence electrons. The highest BCUT2D eigenvalue weighted by molar-refractivity contribution is 7.89. The maximum atomic E-state index is 12.9. The number of H-pyrrole nitrogens is 1. The van der Waals surface area contributed by atoms with Gasteiger partial charge in [-0.25, -0.2) is 17.5 Å². The number of nitrogens with one attached hydrogen (secondary N) is 2. The molecule has 0 aliphatic rings. The van der Waals surface area contributed by atoms with Crippen molar-refractivity contribution in [2.45, 2.75) is 32.2 Å². The molecule has 9 heteroatoms. The highest BCUT2D eigenvalue weighted by atomic mass is 32.2. The monoisotopic (exact) mass is 364 g/mol. The first-order chi connectivity index (χ1) is 11.8. The number of aryl methyl sites for hydroxylation is 2. The molecule has 0 atom stereocenters. The zero-order valence-corrected chi connectivity index (χ0v) is 14.7. The Kier molecular flexibility index (Phi) is 4.44. The fourth-order valence-electron chi connectivity index (χ4n) is 2.60. The van der Waals surface area contributed by atoms with E-state index in [0.29, 0.717) is 28.4 Å². The molecule has 0 spiro atoms. The Bertz CT molecular complexity index is 1010. The first kappa shape index (κ1) is 17.3. The lowest BCUT2D eigenvalue weighted by molar-refractivity contribution is 0.531. The summed E-state index contributed by atoms with van der Waals surface area (Å²) in [6.07, 6.45) is 0. The smallest absolute Gasteiger partial charge is 0.264 e. The lowest BCUT2D eigenvalue weighted by atomic mass is 10.2. The maximum Gasteiger partial charge on any atom is 0.264 e. The van der Waals surface area contributed by atoms with Gasteiger partial charge >= 0.3 is 0 Å². The van der Waals surface area contributed by atoms with E-state index in [1.807, 2.05) is 0 Å². The van der Waals surface area contributed by atoms with Gasteiger partial charge in [0.15, 0.2) is 0 Å². The molecular formula is C16H17FN4O3S. The first-order valence-corrected chi connectivity index (χ1v) is 9.00. The van der Waals surface area contributed by atoms with Crippen LogP contribution in [0.2, 0.25) is 0 Å². The molecule has 25 heavy (non-hydrogen) atoms. The number of hydrogen-bond acceptors (Lipinski definition) is 5. The van der Waals surface area contributed by atoms with E-state index in [-0.39, 0.29) is 23.1 Å². The fourth-order valence-corrected chi connectivity index (χ4v) is 4.06. The third kappa shape index (κ3) is 3.47. The van der Waals surface area contributed by atoms with Crippen LogP contribution in [-0.4, -0.2) is 23.6 Å². The molecule has 2 N–H and O–H groups in total. The highest BCUT2D eigenvalue weighted by Gasteiger charge is 2.26. The molecule has 2 aromatic heterocycles. The molecule has 0 aliphatic heterocycles. The van der Waals surface area contributed by atoms with Crippen LogP contribution >= 0.6 is 0 Å². The Labute approximate surface area is 144 Å². The van der Waals surface area contributed by atoms with Crippen molar-refractivity contribution in [1.82, 2.24) is 19.9 Å². The summed E-state index contributed by atoms with van der Waals surface area (Å²) in [6, 6.07) is 5.63. The molecule has 0 amide bonds. The Morgan fingerprint density at radius 2 is 1.84 bits per heavy atom. The molecule has 0 unspecified atom stereocenters. The largest absolute Gasteiger partial charge is 0.420 e. The summed E-state index contributed by atoms with van der Waals surface area (Å²) in [5, 5.41) is 7.67. The van der Waals surface area contributed by atoms with Crippen LogP contribution in [0.3, 0.4) is 0 Å². The molecule has 0 bridgehead atoms. The zero-order chi connectivity index (χ0) is 18.2. The van der Waals surface area contributed by atoms with E-state index in [1.54, 1.807) is 20.8 Å². The normalized spacial score (nSPS) is 11.8. The molecule has 0 radical (unpaired) electrons. The molecule has 3 rings (SSSR count). The van der Waals surface area contributed by atoms with Gasteiger partial charge in [0.25, 0.3) is 5.89 Å². The summed E-state index contributed by atoms with van der Waals surface area (Å²) in [5.74, 6) is 0.252. The molecule has 0 fully saturated rings. The van der Waals surface area contributed by atoms with Gasteiger partial charge in [-0.1, -0.05) is 12.1 Å². The van der Waals surface area contributed by atoms with Crippen molar-refractivity contribution in [3.05, 3.63) is 52.8 Å². The van der Waals surface area contributed by atoms with Crippen molar-refractivity contribution in [2.75, 3.05) is 0 Å². The lowest BCUT2D eigenvalue weighted by Crippen LogP contribution is -2.24. The predicted molar refractivity (Wildman–Crippen MR) is 88.7 cm³/mol. The van der Waals surface area contributed by atoms with Gasteiger partial charge < -0.3 is 9.40 Å². The lowest BCUT2D eigenvalue weighted by Gasteiger charge is -2.08. The number of benzene rings is 1. The number of rotatable bonds is 5. The van der Waals surface area contributed by atoms with Crippen molar-refractivity contribution in [3.8, 4) is 11.6 Å². The van der Waals surface area contributed by atoms with E-state index in [9.17, 15) is 12.8 Å². The van der Waals surface area contributed by atoms with E-state index in [2.05, 4.69) is 19.9 Å². The molecule has 1 aromatic carbocycles. The van der Waals surface area contributed by atoms with Crippen LogP contribution < -0.4 is 4.72 Å². The van der Waals surface area contributed by atoms with Crippen LogP contribution in [0.25, 0.3) is 11.6 Å². The van der Waals surface area contributed by atoms with Gasteiger partial charge in [-0.3, -0.25) is 0 Å². The van der Waals surface area contributed by atoms with Crippen LogP contribution in [0, 0.1) is 26.6 Å². The average Bonchev–Trinajstić information content (AvgIpc) is 3.10. The Hall–Kier alpha value is -2.52.